The van der Waals surface area contributed by atoms with E-state index >= 15 is 0 Å². The summed E-state index contributed by atoms with van der Waals surface area (Å²) in [5, 5.41) is 0.782. The summed E-state index contributed by atoms with van der Waals surface area (Å²) < 4.78 is 0. The molecule has 2 unspecified atom stereocenters. The molecule has 1 aliphatic carbocycles. The zero-order valence-corrected chi connectivity index (χ0v) is 8.80. The Labute approximate surface area is 89.2 Å². The van der Waals surface area contributed by atoms with Crippen LogP contribution < -0.4 is 11.5 Å². The van der Waals surface area contributed by atoms with E-state index in [1.807, 2.05) is 18.2 Å². The highest BCUT2D eigenvalue weighted by molar-refractivity contribution is 6.31. The number of rotatable bonds is 1. The highest BCUT2D eigenvalue weighted by Crippen LogP contribution is 2.37. The molecule has 76 valence electrons. The Kier molecular flexibility index (Phi) is 2.66. The number of benzene rings is 1. The van der Waals surface area contributed by atoms with E-state index in [1.54, 1.807) is 0 Å². The molecule has 1 saturated carbocycles. The summed E-state index contributed by atoms with van der Waals surface area (Å²) in [7, 11) is 0. The quantitative estimate of drug-likeness (QED) is 0.700. The fourth-order valence-electron chi connectivity index (χ4n) is 2.17. The van der Waals surface area contributed by atoms with Crippen LogP contribution in [0.15, 0.2) is 18.2 Å². The van der Waals surface area contributed by atoms with Crippen molar-refractivity contribution in [1.29, 1.82) is 0 Å². The van der Waals surface area contributed by atoms with E-state index in [0.29, 0.717) is 12.0 Å². The van der Waals surface area contributed by atoms with Crippen molar-refractivity contribution < 1.29 is 0 Å². The van der Waals surface area contributed by atoms with Gasteiger partial charge in [-0.3, -0.25) is 0 Å². The minimum Gasteiger partial charge on any atom is -0.399 e. The maximum absolute atomic E-state index is 6.14. The van der Waals surface area contributed by atoms with Gasteiger partial charge in [-0.25, -0.2) is 0 Å². The van der Waals surface area contributed by atoms with Gasteiger partial charge in [0.15, 0.2) is 0 Å². The molecule has 2 atom stereocenters. The Bertz CT molecular complexity index is 338. The molecule has 2 rings (SSSR count). The predicted molar refractivity (Wildman–Crippen MR) is 60.4 cm³/mol. The molecule has 0 aliphatic heterocycles. The maximum Gasteiger partial charge on any atom is 0.0461 e. The normalized spacial score (nSPS) is 26.7. The number of hydrogen-bond acceptors (Lipinski definition) is 2. The first kappa shape index (κ1) is 9.81. The Hall–Kier alpha value is -0.730. The van der Waals surface area contributed by atoms with E-state index in [0.717, 1.165) is 30.0 Å². The molecule has 0 saturated heterocycles. The zero-order chi connectivity index (χ0) is 10.1. The second-order valence-electron chi connectivity index (χ2n) is 4.05. The molecule has 0 aromatic heterocycles. The third kappa shape index (κ3) is 1.86. The monoisotopic (exact) mass is 210 g/mol. The van der Waals surface area contributed by atoms with Crippen LogP contribution in [-0.2, 0) is 0 Å². The summed E-state index contributed by atoms with van der Waals surface area (Å²) in [6, 6.07) is 6.10. The first-order valence-electron chi connectivity index (χ1n) is 4.97. The lowest BCUT2D eigenvalue weighted by Crippen LogP contribution is -2.14. The van der Waals surface area contributed by atoms with E-state index < -0.39 is 0 Å². The lowest BCUT2D eigenvalue weighted by Gasteiger charge is -2.12. The van der Waals surface area contributed by atoms with E-state index in [1.165, 1.54) is 5.56 Å². The number of nitrogens with two attached hydrogens (primary N) is 2. The summed E-state index contributed by atoms with van der Waals surface area (Å²) in [5.41, 5.74) is 13.4. The van der Waals surface area contributed by atoms with Crippen molar-refractivity contribution in [2.24, 2.45) is 5.73 Å². The lowest BCUT2D eigenvalue weighted by atomic mass is 9.97. The van der Waals surface area contributed by atoms with Crippen molar-refractivity contribution in [3.63, 3.8) is 0 Å². The molecular weight excluding hydrogens is 196 g/mol. The van der Waals surface area contributed by atoms with Gasteiger partial charge in [0.25, 0.3) is 0 Å². The first-order valence-corrected chi connectivity index (χ1v) is 5.35. The van der Waals surface area contributed by atoms with Gasteiger partial charge in [0.1, 0.15) is 0 Å². The molecule has 1 aromatic rings. The van der Waals surface area contributed by atoms with Gasteiger partial charge in [0.2, 0.25) is 0 Å². The van der Waals surface area contributed by atoms with Gasteiger partial charge in [-0.2, -0.15) is 0 Å². The molecule has 0 amide bonds. The van der Waals surface area contributed by atoms with Crippen molar-refractivity contribution in [1.82, 2.24) is 0 Å². The molecule has 1 aliphatic rings. The standard InChI is InChI=1S/C11H15ClN2/c12-11-6-9(14)3-4-10(11)7-1-2-8(13)5-7/h3-4,6-8H,1-2,5,13-14H2. The van der Waals surface area contributed by atoms with Crippen LogP contribution in [0.1, 0.15) is 30.7 Å². The molecule has 14 heavy (non-hydrogen) atoms. The van der Waals surface area contributed by atoms with Gasteiger partial charge in [-0.05, 0) is 42.9 Å². The van der Waals surface area contributed by atoms with Gasteiger partial charge >= 0.3 is 0 Å². The fraction of sp³-hybridized carbons (Fsp3) is 0.455. The van der Waals surface area contributed by atoms with Crippen molar-refractivity contribution in [3.05, 3.63) is 28.8 Å². The minimum absolute atomic E-state index is 0.341. The number of anilines is 1. The van der Waals surface area contributed by atoms with E-state index in [-0.39, 0.29) is 0 Å². The van der Waals surface area contributed by atoms with Crippen molar-refractivity contribution in [2.75, 3.05) is 5.73 Å². The molecule has 0 bridgehead atoms. The van der Waals surface area contributed by atoms with Gasteiger partial charge in [-0.15, -0.1) is 0 Å². The summed E-state index contributed by atoms with van der Waals surface area (Å²) in [4.78, 5) is 0. The average molecular weight is 211 g/mol. The van der Waals surface area contributed by atoms with Crippen LogP contribution >= 0.6 is 11.6 Å². The summed E-state index contributed by atoms with van der Waals surface area (Å²) in [6.07, 6.45) is 3.29. The van der Waals surface area contributed by atoms with E-state index in [4.69, 9.17) is 23.1 Å². The van der Waals surface area contributed by atoms with Crippen molar-refractivity contribution in [3.8, 4) is 0 Å². The number of nitrogen functional groups attached to an aromatic ring is 1. The fourth-order valence-corrected chi connectivity index (χ4v) is 2.52. The Morgan fingerprint density at radius 3 is 2.64 bits per heavy atom. The second kappa shape index (κ2) is 3.79. The molecule has 3 heteroatoms. The van der Waals surface area contributed by atoms with Crippen LogP contribution in [0, 0.1) is 0 Å². The van der Waals surface area contributed by atoms with Crippen LogP contribution in [0.4, 0.5) is 5.69 Å². The highest BCUT2D eigenvalue weighted by atomic mass is 35.5. The second-order valence-corrected chi connectivity index (χ2v) is 4.46. The molecule has 4 N–H and O–H groups in total. The van der Waals surface area contributed by atoms with Crippen LogP contribution in [0.3, 0.4) is 0 Å². The number of halogens is 1. The largest absolute Gasteiger partial charge is 0.399 e. The number of hydrogen-bond donors (Lipinski definition) is 2. The third-order valence-corrected chi connectivity index (χ3v) is 3.26. The van der Waals surface area contributed by atoms with Crippen LogP contribution in [0.2, 0.25) is 5.02 Å². The van der Waals surface area contributed by atoms with Crippen molar-refractivity contribution >= 4 is 17.3 Å². The molecule has 0 radical (unpaired) electrons. The van der Waals surface area contributed by atoms with Gasteiger partial charge in [-0.1, -0.05) is 17.7 Å². The van der Waals surface area contributed by atoms with Crippen LogP contribution in [0.5, 0.6) is 0 Å². The maximum atomic E-state index is 6.14. The minimum atomic E-state index is 0.341. The van der Waals surface area contributed by atoms with Crippen LogP contribution in [0.25, 0.3) is 0 Å². The SMILES string of the molecule is Nc1ccc(C2CCC(N)C2)c(Cl)c1. The Morgan fingerprint density at radius 1 is 1.29 bits per heavy atom. The summed E-state index contributed by atoms with van der Waals surface area (Å²) in [6.45, 7) is 0. The topological polar surface area (TPSA) is 52.0 Å². The van der Waals surface area contributed by atoms with E-state index in [2.05, 4.69) is 0 Å². The Balaban J connectivity index is 2.24. The predicted octanol–water partition coefficient (Wildman–Crippen LogP) is 2.52. The van der Waals surface area contributed by atoms with E-state index in [9.17, 15) is 0 Å². The third-order valence-electron chi connectivity index (χ3n) is 2.94. The summed E-state index contributed by atoms with van der Waals surface area (Å²) in [5.74, 6) is 0.526. The highest BCUT2D eigenvalue weighted by Gasteiger charge is 2.24. The molecule has 1 aromatic carbocycles. The van der Waals surface area contributed by atoms with Gasteiger partial charge < -0.3 is 11.5 Å². The zero-order valence-electron chi connectivity index (χ0n) is 8.04. The molecule has 2 nitrogen and oxygen atoms in total. The molecule has 1 fully saturated rings. The van der Waals surface area contributed by atoms with Crippen molar-refractivity contribution in [2.45, 2.75) is 31.2 Å². The van der Waals surface area contributed by atoms with Gasteiger partial charge in [0, 0.05) is 16.8 Å². The smallest absolute Gasteiger partial charge is 0.0461 e. The van der Waals surface area contributed by atoms with Crippen LogP contribution in [-0.4, -0.2) is 6.04 Å². The molecule has 0 spiro atoms. The first-order chi connectivity index (χ1) is 6.66. The lowest BCUT2D eigenvalue weighted by molar-refractivity contribution is 0.675. The Morgan fingerprint density at radius 2 is 2.07 bits per heavy atom. The molecular formula is C11H15ClN2. The van der Waals surface area contributed by atoms with Gasteiger partial charge in [0.05, 0.1) is 0 Å². The molecule has 0 heterocycles. The summed E-state index contributed by atoms with van der Waals surface area (Å²) >= 11 is 6.14. The average Bonchev–Trinajstić information content (AvgIpc) is 2.51.